The van der Waals surface area contributed by atoms with Crippen LogP contribution in [0.1, 0.15) is 30.9 Å². The second kappa shape index (κ2) is 5.93. The van der Waals surface area contributed by atoms with E-state index in [-0.39, 0.29) is 12.4 Å². The van der Waals surface area contributed by atoms with Crippen LogP contribution < -0.4 is 5.73 Å². The van der Waals surface area contributed by atoms with E-state index in [0.717, 1.165) is 24.8 Å². The summed E-state index contributed by atoms with van der Waals surface area (Å²) in [5.41, 5.74) is 7.74. The SMILES string of the molecule is CCCN(CC(=N)N)S(=O)(=O)c1ccc2c(c1)CCC2. The highest BCUT2D eigenvalue weighted by Crippen LogP contribution is 2.26. The van der Waals surface area contributed by atoms with E-state index in [1.807, 2.05) is 13.0 Å². The average molecular weight is 295 g/mol. The van der Waals surface area contributed by atoms with Crippen LogP contribution in [0.2, 0.25) is 0 Å². The van der Waals surface area contributed by atoms with Gasteiger partial charge >= 0.3 is 0 Å². The highest BCUT2D eigenvalue weighted by Gasteiger charge is 2.25. The molecule has 0 saturated heterocycles. The van der Waals surface area contributed by atoms with Crippen LogP contribution in [0.5, 0.6) is 0 Å². The van der Waals surface area contributed by atoms with Crippen LogP contribution in [0.15, 0.2) is 23.1 Å². The zero-order valence-corrected chi connectivity index (χ0v) is 12.5. The lowest BCUT2D eigenvalue weighted by Crippen LogP contribution is -2.38. The zero-order valence-electron chi connectivity index (χ0n) is 11.7. The maximum Gasteiger partial charge on any atom is 0.243 e. The standard InChI is InChI=1S/C14H21N3O2S/c1-2-8-17(10-14(15)16)20(18,19)13-7-6-11-4-3-5-12(11)9-13/h6-7,9H,2-5,8,10H2,1H3,(H3,15,16). The van der Waals surface area contributed by atoms with Crippen molar-refractivity contribution in [2.45, 2.75) is 37.5 Å². The molecule has 0 saturated carbocycles. The first-order chi connectivity index (χ1) is 9.45. The van der Waals surface area contributed by atoms with Crippen molar-refractivity contribution < 1.29 is 8.42 Å². The first-order valence-corrected chi connectivity index (χ1v) is 8.34. The van der Waals surface area contributed by atoms with Gasteiger partial charge < -0.3 is 5.73 Å². The summed E-state index contributed by atoms with van der Waals surface area (Å²) in [5.74, 6) is -0.136. The smallest absolute Gasteiger partial charge is 0.243 e. The number of benzene rings is 1. The first kappa shape index (κ1) is 15.0. The van der Waals surface area contributed by atoms with Gasteiger partial charge in [-0.3, -0.25) is 5.41 Å². The normalized spacial score (nSPS) is 14.5. The summed E-state index contributed by atoms with van der Waals surface area (Å²) in [5, 5.41) is 7.34. The van der Waals surface area contributed by atoms with Gasteiger partial charge in [-0.05, 0) is 48.9 Å². The van der Waals surface area contributed by atoms with E-state index in [1.54, 1.807) is 12.1 Å². The molecule has 0 fully saturated rings. The molecule has 6 heteroatoms. The van der Waals surface area contributed by atoms with Crippen molar-refractivity contribution in [2.24, 2.45) is 5.73 Å². The minimum absolute atomic E-state index is 0.0484. The Morgan fingerprint density at radius 2 is 2.05 bits per heavy atom. The minimum atomic E-state index is -3.57. The number of aryl methyl sites for hydroxylation is 2. The third-order valence-corrected chi connectivity index (χ3v) is 5.37. The molecule has 1 aromatic carbocycles. The topological polar surface area (TPSA) is 87.2 Å². The van der Waals surface area contributed by atoms with Crippen LogP contribution in [0.25, 0.3) is 0 Å². The number of fused-ring (bicyclic) bond motifs is 1. The highest BCUT2D eigenvalue weighted by molar-refractivity contribution is 7.89. The molecule has 5 nitrogen and oxygen atoms in total. The maximum absolute atomic E-state index is 12.6. The maximum atomic E-state index is 12.6. The minimum Gasteiger partial charge on any atom is -0.387 e. The zero-order chi connectivity index (χ0) is 14.8. The van der Waals surface area contributed by atoms with Crippen molar-refractivity contribution in [3.63, 3.8) is 0 Å². The molecule has 0 bridgehead atoms. The summed E-state index contributed by atoms with van der Waals surface area (Å²) in [7, 11) is -3.57. The predicted molar refractivity (Wildman–Crippen MR) is 79.4 cm³/mol. The molecule has 0 atom stereocenters. The molecule has 0 spiro atoms. The van der Waals surface area contributed by atoms with Gasteiger partial charge in [0.15, 0.2) is 0 Å². The highest BCUT2D eigenvalue weighted by atomic mass is 32.2. The van der Waals surface area contributed by atoms with Crippen molar-refractivity contribution in [1.29, 1.82) is 5.41 Å². The number of nitrogens with one attached hydrogen (secondary N) is 1. The number of rotatable bonds is 6. The Kier molecular flexibility index (Phi) is 4.45. The second-order valence-electron chi connectivity index (χ2n) is 5.15. The fourth-order valence-corrected chi connectivity index (χ4v) is 4.14. The Hall–Kier alpha value is -1.40. The molecule has 0 heterocycles. The van der Waals surface area contributed by atoms with Gasteiger partial charge in [-0.25, -0.2) is 8.42 Å². The quantitative estimate of drug-likeness (QED) is 0.616. The van der Waals surface area contributed by atoms with Gasteiger partial charge in [-0.1, -0.05) is 13.0 Å². The van der Waals surface area contributed by atoms with Gasteiger partial charge in [-0.2, -0.15) is 4.31 Å². The lowest BCUT2D eigenvalue weighted by Gasteiger charge is -2.21. The Morgan fingerprint density at radius 1 is 1.35 bits per heavy atom. The fourth-order valence-electron chi connectivity index (χ4n) is 2.58. The van der Waals surface area contributed by atoms with E-state index < -0.39 is 10.0 Å². The average Bonchev–Trinajstić information content (AvgIpc) is 2.84. The molecule has 110 valence electrons. The van der Waals surface area contributed by atoms with Crippen molar-refractivity contribution >= 4 is 15.9 Å². The van der Waals surface area contributed by atoms with Gasteiger partial charge in [0.2, 0.25) is 10.0 Å². The Labute approximate surface area is 120 Å². The molecular weight excluding hydrogens is 274 g/mol. The van der Waals surface area contributed by atoms with Gasteiger partial charge in [0.25, 0.3) is 0 Å². The lowest BCUT2D eigenvalue weighted by molar-refractivity contribution is 0.447. The lowest BCUT2D eigenvalue weighted by atomic mass is 10.1. The molecule has 1 aromatic rings. The number of amidine groups is 1. The molecule has 0 aromatic heterocycles. The summed E-state index contributed by atoms with van der Waals surface area (Å²) in [4.78, 5) is 0.313. The summed E-state index contributed by atoms with van der Waals surface area (Å²) >= 11 is 0. The van der Waals surface area contributed by atoms with E-state index in [2.05, 4.69) is 0 Å². The van der Waals surface area contributed by atoms with E-state index in [1.165, 1.54) is 9.87 Å². The summed E-state index contributed by atoms with van der Waals surface area (Å²) in [6, 6.07) is 5.36. The molecule has 2 rings (SSSR count). The summed E-state index contributed by atoms with van der Waals surface area (Å²) in [6.45, 7) is 2.23. The van der Waals surface area contributed by atoms with Crippen molar-refractivity contribution in [3.05, 3.63) is 29.3 Å². The van der Waals surface area contributed by atoms with Gasteiger partial charge in [0, 0.05) is 6.54 Å². The van der Waals surface area contributed by atoms with E-state index in [0.29, 0.717) is 17.9 Å². The number of hydrogen-bond donors (Lipinski definition) is 2. The van der Waals surface area contributed by atoms with Crippen LogP contribution in [0, 0.1) is 5.41 Å². The van der Waals surface area contributed by atoms with Crippen molar-refractivity contribution in [3.8, 4) is 0 Å². The molecule has 20 heavy (non-hydrogen) atoms. The van der Waals surface area contributed by atoms with Crippen LogP contribution in [0.4, 0.5) is 0 Å². The van der Waals surface area contributed by atoms with E-state index >= 15 is 0 Å². The number of nitrogens with zero attached hydrogens (tertiary/aromatic N) is 1. The van der Waals surface area contributed by atoms with Crippen LogP contribution >= 0.6 is 0 Å². The summed E-state index contributed by atoms with van der Waals surface area (Å²) in [6.07, 6.45) is 3.75. The summed E-state index contributed by atoms with van der Waals surface area (Å²) < 4.78 is 26.5. The van der Waals surface area contributed by atoms with Gasteiger partial charge in [0.05, 0.1) is 11.4 Å². The molecule has 1 aliphatic carbocycles. The Balaban J connectivity index is 2.34. The van der Waals surface area contributed by atoms with Crippen LogP contribution in [-0.4, -0.2) is 31.6 Å². The van der Waals surface area contributed by atoms with E-state index in [4.69, 9.17) is 11.1 Å². The van der Waals surface area contributed by atoms with Gasteiger partial charge in [0.1, 0.15) is 5.84 Å². The Morgan fingerprint density at radius 3 is 2.70 bits per heavy atom. The van der Waals surface area contributed by atoms with Crippen molar-refractivity contribution in [1.82, 2.24) is 4.31 Å². The Bertz CT molecular complexity index is 611. The number of sulfonamides is 1. The third-order valence-electron chi connectivity index (χ3n) is 3.53. The molecule has 0 amide bonds. The number of nitrogens with two attached hydrogens (primary N) is 1. The van der Waals surface area contributed by atoms with Crippen LogP contribution in [0.3, 0.4) is 0 Å². The molecule has 0 aliphatic heterocycles. The fraction of sp³-hybridized carbons (Fsp3) is 0.500. The first-order valence-electron chi connectivity index (χ1n) is 6.90. The molecule has 0 unspecified atom stereocenters. The van der Waals surface area contributed by atoms with Crippen LogP contribution in [-0.2, 0) is 22.9 Å². The molecule has 1 aliphatic rings. The van der Waals surface area contributed by atoms with Crippen molar-refractivity contribution in [2.75, 3.05) is 13.1 Å². The third kappa shape index (κ3) is 3.02. The van der Waals surface area contributed by atoms with E-state index in [9.17, 15) is 8.42 Å². The predicted octanol–water partition coefficient (Wildman–Crippen LogP) is 1.51. The molecule has 0 radical (unpaired) electrons. The molecular formula is C14H21N3O2S. The monoisotopic (exact) mass is 295 g/mol. The largest absolute Gasteiger partial charge is 0.387 e. The van der Waals surface area contributed by atoms with Gasteiger partial charge in [-0.15, -0.1) is 0 Å². The second-order valence-corrected chi connectivity index (χ2v) is 7.09. The number of hydrogen-bond acceptors (Lipinski definition) is 3. The molecule has 3 N–H and O–H groups in total.